The van der Waals surface area contributed by atoms with Crippen molar-refractivity contribution in [2.24, 2.45) is 0 Å². The Morgan fingerprint density at radius 1 is 1.00 bits per heavy atom. The Morgan fingerprint density at radius 3 is 2.09 bits per heavy atom. The molecule has 0 aromatic heterocycles. The van der Waals surface area contributed by atoms with Crippen LogP contribution in [-0.4, -0.2) is 11.8 Å². The summed E-state index contributed by atoms with van der Waals surface area (Å²) in [6, 6.07) is 12.7. The highest BCUT2D eigenvalue weighted by molar-refractivity contribution is 6.30. The van der Waals surface area contributed by atoms with Crippen molar-refractivity contribution in [2.75, 3.05) is 5.32 Å². The van der Waals surface area contributed by atoms with E-state index in [2.05, 4.69) is 5.32 Å². The Hall–Kier alpha value is -2.59. The highest BCUT2D eigenvalue weighted by atomic mass is 35.5. The number of carboxylic acid groups (broad SMARTS) is 1. The molecule has 22 heavy (non-hydrogen) atoms. The van der Waals surface area contributed by atoms with Crippen molar-refractivity contribution in [1.82, 2.24) is 0 Å². The molecule has 4 nitrogen and oxygen atoms in total. The van der Waals surface area contributed by atoms with Gasteiger partial charge in [0.05, 0.1) is 5.97 Å². The van der Waals surface area contributed by atoms with Crippen LogP contribution in [0, 0.1) is 0 Å². The van der Waals surface area contributed by atoms with Gasteiger partial charge in [0.15, 0.2) is 5.78 Å². The summed E-state index contributed by atoms with van der Waals surface area (Å²) in [5, 5.41) is 14.3. The third kappa shape index (κ3) is 4.20. The van der Waals surface area contributed by atoms with Gasteiger partial charge in [-0.1, -0.05) is 23.7 Å². The summed E-state index contributed by atoms with van der Waals surface area (Å²) in [4.78, 5) is 22.7. The van der Waals surface area contributed by atoms with Crippen molar-refractivity contribution < 1.29 is 14.7 Å². The minimum absolute atomic E-state index is 0.101. The van der Waals surface area contributed by atoms with Gasteiger partial charge in [0.2, 0.25) is 0 Å². The lowest BCUT2D eigenvalue weighted by Gasteiger charge is -2.08. The Kier molecular flexibility index (Phi) is 4.96. The molecule has 0 radical (unpaired) electrons. The van der Waals surface area contributed by atoms with E-state index >= 15 is 0 Å². The summed E-state index contributed by atoms with van der Waals surface area (Å²) < 4.78 is 0. The Morgan fingerprint density at radius 2 is 1.55 bits per heavy atom. The van der Waals surface area contributed by atoms with E-state index in [4.69, 9.17) is 11.6 Å². The summed E-state index contributed by atoms with van der Waals surface area (Å²) in [7, 11) is 0. The summed E-state index contributed by atoms with van der Waals surface area (Å²) in [5.41, 5.74) is 1.96. The second kappa shape index (κ2) is 6.91. The van der Waals surface area contributed by atoms with Crippen LogP contribution < -0.4 is 10.4 Å². The average molecular weight is 315 g/mol. The Labute approximate surface area is 133 Å². The summed E-state index contributed by atoms with van der Waals surface area (Å²) in [5.74, 6) is -1.37. The fourth-order valence-electron chi connectivity index (χ4n) is 1.85. The molecule has 0 fully saturated rings. The lowest BCUT2D eigenvalue weighted by Crippen LogP contribution is -2.21. The van der Waals surface area contributed by atoms with Crippen molar-refractivity contribution in [2.45, 2.75) is 6.92 Å². The Bertz CT molecular complexity index is 719. The van der Waals surface area contributed by atoms with Crippen LogP contribution in [0.25, 0.3) is 0 Å². The summed E-state index contributed by atoms with van der Waals surface area (Å²) in [6.07, 6.45) is 1.47. The first-order valence-corrected chi connectivity index (χ1v) is 6.90. The fraction of sp³-hybridized carbons (Fsp3) is 0.0588. The van der Waals surface area contributed by atoms with Crippen LogP contribution in [0.4, 0.5) is 5.69 Å². The number of hydrogen-bond donors (Lipinski definition) is 1. The smallest absolute Gasteiger partial charge is 0.187 e. The van der Waals surface area contributed by atoms with Crippen LogP contribution in [0.1, 0.15) is 27.6 Å². The second-order valence-electron chi connectivity index (χ2n) is 4.69. The van der Waals surface area contributed by atoms with E-state index in [-0.39, 0.29) is 11.3 Å². The third-order valence-electron chi connectivity index (χ3n) is 2.94. The van der Waals surface area contributed by atoms with Crippen LogP contribution in [0.2, 0.25) is 5.02 Å². The molecule has 5 heteroatoms. The maximum atomic E-state index is 12.1. The number of carboxylic acids is 1. The minimum Gasteiger partial charge on any atom is -0.545 e. The van der Waals surface area contributed by atoms with Gasteiger partial charge in [-0.2, -0.15) is 0 Å². The van der Waals surface area contributed by atoms with E-state index in [1.54, 1.807) is 43.3 Å². The molecule has 2 rings (SSSR count). The number of ketones is 1. The predicted octanol–water partition coefficient (Wildman–Crippen LogP) is 2.90. The highest BCUT2D eigenvalue weighted by Gasteiger charge is 2.03. The lowest BCUT2D eigenvalue weighted by atomic mass is 10.1. The maximum Gasteiger partial charge on any atom is 0.187 e. The van der Waals surface area contributed by atoms with E-state index in [1.807, 2.05) is 0 Å². The van der Waals surface area contributed by atoms with Gasteiger partial charge in [-0.25, -0.2) is 0 Å². The molecule has 0 spiro atoms. The summed E-state index contributed by atoms with van der Waals surface area (Å²) in [6.45, 7) is 1.75. The van der Waals surface area contributed by atoms with E-state index in [0.717, 1.165) is 0 Å². The third-order valence-corrected chi connectivity index (χ3v) is 3.19. The van der Waals surface area contributed by atoms with Gasteiger partial charge in [-0.15, -0.1) is 0 Å². The number of halogens is 1. The van der Waals surface area contributed by atoms with Gasteiger partial charge in [-0.05, 0) is 48.9 Å². The van der Waals surface area contributed by atoms with Gasteiger partial charge < -0.3 is 15.2 Å². The second-order valence-corrected chi connectivity index (χ2v) is 5.12. The normalized spacial score (nSPS) is 11.1. The van der Waals surface area contributed by atoms with E-state index in [9.17, 15) is 14.7 Å². The molecule has 2 aromatic rings. The largest absolute Gasteiger partial charge is 0.545 e. The molecule has 0 saturated heterocycles. The van der Waals surface area contributed by atoms with Gasteiger partial charge in [0.1, 0.15) is 0 Å². The monoisotopic (exact) mass is 314 g/mol. The zero-order valence-corrected chi connectivity index (χ0v) is 12.6. The zero-order valence-electron chi connectivity index (χ0n) is 11.8. The van der Waals surface area contributed by atoms with Crippen LogP contribution in [0.3, 0.4) is 0 Å². The predicted molar refractivity (Wildman–Crippen MR) is 83.9 cm³/mol. The molecular weight excluding hydrogens is 302 g/mol. The molecule has 0 aliphatic carbocycles. The van der Waals surface area contributed by atoms with Crippen LogP contribution in [-0.2, 0) is 0 Å². The number of carbonyl (C=O) groups excluding carboxylic acids is 2. The van der Waals surface area contributed by atoms with Crippen LogP contribution >= 0.6 is 11.6 Å². The lowest BCUT2D eigenvalue weighted by molar-refractivity contribution is -0.255. The molecule has 0 aliphatic heterocycles. The average Bonchev–Trinajstić information content (AvgIpc) is 2.48. The number of allylic oxidation sites excluding steroid dienone is 2. The fourth-order valence-corrected chi connectivity index (χ4v) is 1.97. The zero-order chi connectivity index (χ0) is 16.1. The molecule has 1 N–H and O–H groups in total. The quantitative estimate of drug-likeness (QED) is 0.680. The molecule has 0 unspecified atom stereocenters. The van der Waals surface area contributed by atoms with Gasteiger partial charge in [0.25, 0.3) is 0 Å². The highest BCUT2D eigenvalue weighted by Crippen LogP contribution is 2.14. The molecule has 0 saturated carbocycles. The van der Waals surface area contributed by atoms with Gasteiger partial charge in [0, 0.05) is 28.0 Å². The topological polar surface area (TPSA) is 69.2 Å². The molecule has 0 aliphatic rings. The number of nitrogens with one attached hydrogen (secondary N) is 1. The molecule has 2 aromatic carbocycles. The number of anilines is 1. The Balaban J connectivity index is 2.07. The number of carbonyl (C=O) groups is 2. The van der Waals surface area contributed by atoms with Crippen molar-refractivity contribution in [3.05, 3.63) is 76.5 Å². The molecule has 0 bridgehead atoms. The molecule has 0 amide bonds. The standard InChI is InChI=1S/C17H14ClNO3/c1-11(10-16(20)12-2-6-14(18)7-3-12)19-15-8-4-13(5-9-15)17(21)22/h2-10,19H,1H3,(H,21,22)/p-1/b11-10+. The van der Waals surface area contributed by atoms with E-state index < -0.39 is 5.97 Å². The number of aromatic carboxylic acids is 1. The first kappa shape index (κ1) is 15.8. The van der Waals surface area contributed by atoms with Crippen LogP contribution in [0.5, 0.6) is 0 Å². The molecule has 0 atom stereocenters. The van der Waals surface area contributed by atoms with Gasteiger partial charge in [-0.3, -0.25) is 4.79 Å². The van der Waals surface area contributed by atoms with E-state index in [1.165, 1.54) is 18.2 Å². The van der Waals surface area contributed by atoms with Crippen molar-refractivity contribution in [3.63, 3.8) is 0 Å². The van der Waals surface area contributed by atoms with Crippen LogP contribution in [0.15, 0.2) is 60.3 Å². The number of rotatable bonds is 5. The van der Waals surface area contributed by atoms with Crippen molar-refractivity contribution >= 4 is 29.0 Å². The maximum absolute atomic E-state index is 12.1. The van der Waals surface area contributed by atoms with Crippen molar-refractivity contribution in [1.29, 1.82) is 0 Å². The first-order valence-electron chi connectivity index (χ1n) is 6.52. The first-order chi connectivity index (χ1) is 10.5. The van der Waals surface area contributed by atoms with E-state index in [0.29, 0.717) is 22.0 Å². The molecular formula is C17H13ClNO3-. The number of hydrogen-bond acceptors (Lipinski definition) is 4. The van der Waals surface area contributed by atoms with Gasteiger partial charge >= 0.3 is 0 Å². The SMILES string of the molecule is C/C(=C\C(=O)c1ccc(Cl)cc1)Nc1ccc(C(=O)[O-])cc1. The molecule has 112 valence electrons. The minimum atomic E-state index is -1.23. The molecule has 0 heterocycles. The number of benzene rings is 2. The summed E-state index contributed by atoms with van der Waals surface area (Å²) >= 11 is 5.78. The van der Waals surface area contributed by atoms with Crippen molar-refractivity contribution in [3.8, 4) is 0 Å².